The smallest absolute Gasteiger partial charge is 0.335 e. The first-order chi connectivity index (χ1) is 9.65. The second-order valence-electron chi connectivity index (χ2n) is 5.87. The number of hydrogen-bond donors (Lipinski definition) is 2. The molecule has 0 unspecified atom stereocenters. The zero-order chi connectivity index (χ0) is 15.8. The molecule has 1 heterocycles. The third-order valence-corrected chi connectivity index (χ3v) is 5.18. The van der Waals surface area contributed by atoms with E-state index in [1.165, 1.54) is 6.07 Å². The topological polar surface area (TPSA) is 92.7 Å². The second-order valence-corrected chi connectivity index (χ2v) is 7.60. The highest BCUT2D eigenvalue weighted by Gasteiger charge is 2.35. The zero-order valence-electron chi connectivity index (χ0n) is 12.3. The maximum absolute atomic E-state index is 12.4. The summed E-state index contributed by atoms with van der Waals surface area (Å²) in [6.07, 6.45) is 0. The molecule has 0 aromatic heterocycles. The first-order valence-electron chi connectivity index (χ1n) is 6.57. The summed E-state index contributed by atoms with van der Waals surface area (Å²) in [6, 6.07) is 2.79. The predicted molar refractivity (Wildman–Crippen MR) is 77.0 cm³/mol. The first-order valence-corrected chi connectivity index (χ1v) is 8.05. The van der Waals surface area contributed by atoms with Crippen molar-refractivity contribution in [1.29, 1.82) is 0 Å². The van der Waals surface area contributed by atoms with Gasteiger partial charge in [-0.15, -0.1) is 0 Å². The summed E-state index contributed by atoms with van der Waals surface area (Å²) >= 11 is 0. The van der Waals surface area contributed by atoms with Crippen molar-refractivity contribution in [2.75, 3.05) is 19.8 Å². The Bertz CT molecular complexity index is 677. The Morgan fingerprint density at radius 1 is 1.33 bits per heavy atom. The maximum Gasteiger partial charge on any atom is 0.335 e. The van der Waals surface area contributed by atoms with Crippen LogP contribution in [0, 0.1) is 19.3 Å². The lowest BCUT2D eigenvalue weighted by Gasteiger charge is -2.37. The highest BCUT2D eigenvalue weighted by atomic mass is 32.2. The molecule has 1 aliphatic rings. The van der Waals surface area contributed by atoms with Crippen LogP contribution < -0.4 is 4.72 Å². The third-order valence-electron chi connectivity index (χ3n) is 3.63. The molecule has 0 amide bonds. The van der Waals surface area contributed by atoms with Crippen LogP contribution in [0.1, 0.15) is 28.4 Å². The minimum atomic E-state index is -3.74. The summed E-state index contributed by atoms with van der Waals surface area (Å²) < 4.78 is 32.4. The minimum absolute atomic E-state index is 0.000774. The number of aromatic carboxylic acids is 1. The Hall–Kier alpha value is -1.44. The number of carbonyl (C=O) groups is 1. The van der Waals surface area contributed by atoms with Crippen LogP contribution in [0.25, 0.3) is 0 Å². The molecule has 7 heteroatoms. The van der Waals surface area contributed by atoms with Crippen LogP contribution in [0.3, 0.4) is 0 Å². The van der Waals surface area contributed by atoms with Crippen LogP contribution in [-0.4, -0.2) is 39.3 Å². The summed E-state index contributed by atoms with van der Waals surface area (Å²) in [5.74, 6) is -1.14. The van der Waals surface area contributed by atoms with Crippen LogP contribution in [0.4, 0.5) is 0 Å². The number of hydrogen-bond acceptors (Lipinski definition) is 4. The van der Waals surface area contributed by atoms with Gasteiger partial charge in [0.05, 0.1) is 23.7 Å². The largest absolute Gasteiger partial charge is 0.478 e. The van der Waals surface area contributed by atoms with Gasteiger partial charge in [0.2, 0.25) is 10.0 Å². The lowest BCUT2D eigenvalue weighted by atomic mass is 9.89. The first kappa shape index (κ1) is 15.9. The molecule has 1 aromatic carbocycles. The molecule has 0 radical (unpaired) electrons. The number of aryl methyl sites for hydroxylation is 2. The molecule has 1 aliphatic heterocycles. The fraction of sp³-hybridized carbons (Fsp3) is 0.500. The van der Waals surface area contributed by atoms with Crippen molar-refractivity contribution in [2.45, 2.75) is 25.7 Å². The normalized spacial score (nSPS) is 17.3. The maximum atomic E-state index is 12.4. The van der Waals surface area contributed by atoms with E-state index in [2.05, 4.69) is 4.72 Å². The van der Waals surface area contributed by atoms with Gasteiger partial charge in [-0.2, -0.15) is 0 Å². The van der Waals surface area contributed by atoms with Crippen LogP contribution in [0.5, 0.6) is 0 Å². The van der Waals surface area contributed by atoms with Crippen molar-refractivity contribution in [1.82, 2.24) is 4.72 Å². The molecule has 1 fully saturated rings. The lowest BCUT2D eigenvalue weighted by Crippen LogP contribution is -2.48. The van der Waals surface area contributed by atoms with E-state index >= 15 is 0 Å². The molecule has 0 saturated carbocycles. The average molecular weight is 313 g/mol. The van der Waals surface area contributed by atoms with Gasteiger partial charge in [0.25, 0.3) is 0 Å². The van der Waals surface area contributed by atoms with Crippen molar-refractivity contribution in [3.8, 4) is 0 Å². The standard InChI is InChI=1S/C14H19NO5S/c1-9-4-10(2)12(5-11(9)13(16)17)21(18,19)15-6-14(3)7-20-8-14/h4-5,15H,6-8H2,1-3H3,(H,16,17). The molecular weight excluding hydrogens is 294 g/mol. The second kappa shape index (κ2) is 5.40. The molecule has 2 rings (SSSR count). The van der Waals surface area contributed by atoms with E-state index in [4.69, 9.17) is 9.84 Å². The molecule has 0 spiro atoms. The molecule has 0 bridgehead atoms. The van der Waals surface area contributed by atoms with Gasteiger partial charge >= 0.3 is 5.97 Å². The van der Waals surface area contributed by atoms with Crippen molar-refractivity contribution < 1.29 is 23.1 Å². The third kappa shape index (κ3) is 3.25. The highest BCUT2D eigenvalue weighted by Crippen LogP contribution is 2.27. The number of benzene rings is 1. The van der Waals surface area contributed by atoms with E-state index < -0.39 is 16.0 Å². The van der Waals surface area contributed by atoms with E-state index in [0.29, 0.717) is 24.3 Å². The fourth-order valence-electron chi connectivity index (χ4n) is 2.25. The number of rotatable bonds is 5. The summed E-state index contributed by atoms with van der Waals surface area (Å²) in [5, 5.41) is 9.12. The van der Waals surface area contributed by atoms with E-state index in [9.17, 15) is 13.2 Å². The van der Waals surface area contributed by atoms with Gasteiger partial charge in [-0.3, -0.25) is 0 Å². The molecule has 6 nitrogen and oxygen atoms in total. The van der Waals surface area contributed by atoms with Crippen LogP contribution >= 0.6 is 0 Å². The minimum Gasteiger partial charge on any atom is -0.478 e. The molecule has 1 saturated heterocycles. The molecule has 0 atom stereocenters. The van der Waals surface area contributed by atoms with Gasteiger partial charge < -0.3 is 9.84 Å². The zero-order valence-corrected chi connectivity index (χ0v) is 13.1. The van der Waals surface area contributed by atoms with Gasteiger partial charge in [0.15, 0.2) is 0 Å². The van der Waals surface area contributed by atoms with Crippen molar-refractivity contribution in [3.05, 3.63) is 28.8 Å². The van der Waals surface area contributed by atoms with Gasteiger partial charge in [0.1, 0.15) is 0 Å². The molecular formula is C14H19NO5S. The Kier molecular flexibility index (Phi) is 4.10. The van der Waals surface area contributed by atoms with Crippen molar-refractivity contribution >= 4 is 16.0 Å². The van der Waals surface area contributed by atoms with E-state index in [-0.39, 0.29) is 22.4 Å². The van der Waals surface area contributed by atoms with Crippen LogP contribution in [0.2, 0.25) is 0 Å². The van der Waals surface area contributed by atoms with E-state index in [0.717, 1.165) is 0 Å². The molecule has 116 valence electrons. The highest BCUT2D eigenvalue weighted by molar-refractivity contribution is 7.89. The summed E-state index contributed by atoms with van der Waals surface area (Å²) in [6.45, 7) is 6.54. The SMILES string of the molecule is Cc1cc(C)c(S(=O)(=O)NCC2(C)COC2)cc1C(=O)O. The van der Waals surface area contributed by atoms with Gasteiger partial charge in [-0.25, -0.2) is 17.9 Å². The number of nitrogens with one attached hydrogen (secondary N) is 1. The number of carboxylic acid groups (broad SMARTS) is 1. The van der Waals surface area contributed by atoms with E-state index in [1.54, 1.807) is 19.9 Å². The molecule has 0 aliphatic carbocycles. The quantitative estimate of drug-likeness (QED) is 0.855. The average Bonchev–Trinajstić information content (AvgIpc) is 2.33. The van der Waals surface area contributed by atoms with Gasteiger partial charge in [0, 0.05) is 12.0 Å². The summed E-state index contributed by atoms with van der Waals surface area (Å²) in [5.41, 5.74) is 0.874. The lowest BCUT2D eigenvalue weighted by molar-refractivity contribution is -0.0965. The van der Waals surface area contributed by atoms with Gasteiger partial charge in [-0.05, 0) is 31.0 Å². The number of carboxylic acids is 1. The van der Waals surface area contributed by atoms with Gasteiger partial charge in [-0.1, -0.05) is 13.0 Å². The predicted octanol–water partition coefficient (Wildman–Crippen LogP) is 1.32. The Labute approximate surface area is 124 Å². The van der Waals surface area contributed by atoms with E-state index in [1.807, 2.05) is 6.92 Å². The van der Waals surface area contributed by atoms with Crippen molar-refractivity contribution in [2.24, 2.45) is 5.41 Å². The Morgan fingerprint density at radius 3 is 2.43 bits per heavy atom. The fourth-order valence-corrected chi connectivity index (χ4v) is 3.70. The van der Waals surface area contributed by atoms with Crippen LogP contribution in [-0.2, 0) is 14.8 Å². The number of sulfonamides is 1. The van der Waals surface area contributed by atoms with Crippen molar-refractivity contribution in [3.63, 3.8) is 0 Å². The Morgan fingerprint density at radius 2 is 1.95 bits per heavy atom. The summed E-state index contributed by atoms with van der Waals surface area (Å²) in [7, 11) is -3.74. The monoisotopic (exact) mass is 313 g/mol. The Balaban J connectivity index is 2.30. The molecule has 21 heavy (non-hydrogen) atoms. The molecule has 1 aromatic rings. The molecule has 2 N–H and O–H groups in total. The number of ether oxygens (including phenoxy) is 1. The summed E-state index contributed by atoms with van der Waals surface area (Å²) in [4.78, 5) is 11.2. The van der Waals surface area contributed by atoms with Crippen LogP contribution in [0.15, 0.2) is 17.0 Å².